The third-order valence-corrected chi connectivity index (χ3v) is 5.21. The second kappa shape index (κ2) is 7.66. The minimum absolute atomic E-state index is 0.286. The fraction of sp³-hybridized carbons (Fsp3) is 0.778. The molecule has 0 aliphatic carbocycles. The maximum absolute atomic E-state index is 9.73. The molecule has 6 heteroatoms. The smallest absolute Gasteiger partial charge is 0.134 e. The Morgan fingerprint density at radius 2 is 1.42 bits per heavy atom. The molecule has 2 saturated heterocycles. The topological polar surface area (TPSA) is 72.7 Å². The molecule has 2 N–H and O–H groups in total. The minimum Gasteiger partial charge on any atom is -0.393 e. The van der Waals surface area contributed by atoms with E-state index in [0.29, 0.717) is 12.1 Å². The maximum Gasteiger partial charge on any atom is 0.134 e. The summed E-state index contributed by atoms with van der Waals surface area (Å²) in [6.45, 7) is 5.69. The van der Waals surface area contributed by atoms with Gasteiger partial charge in [-0.15, -0.1) is 0 Å². The van der Waals surface area contributed by atoms with Crippen molar-refractivity contribution in [3.63, 3.8) is 0 Å². The van der Waals surface area contributed by atoms with Crippen LogP contribution in [-0.4, -0.2) is 57.6 Å². The SMILES string of the molecule is C[C@H](O)C[C@@H]1CCCN1c1cc(N2CCC[C@@H]2C[C@@H](C)O)ncn1. The summed E-state index contributed by atoms with van der Waals surface area (Å²) in [6.07, 6.45) is 7.16. The lowest BCUT2D eigenvalue weighted by Crippen LogP contribution is -2.34. The van der Waals surface area contributed by atoms with E-state index in [9.17, 15) is 10.2 Å². The molecule has 2 fully saturated rings. The highest BCUT2D eigenvalue weighted by Crippen LogP contribution is 2.31. The number of rotatable bonds is 6. The van der Waals surface area contributed by atoms with Gasteiger partial charge in [-0.3, -0.25) is 0 Å². The highest BCUT2D eigenvalue weighted by molar-refractivity contribution is 5.52. The lowest BCUT2D eigenvalue weighted by molar-refractivity contribution is 0.174. The highest BCUT2D eigenvalue weighted by Gasteiger charge is 2.30. The Labute approximate surface area is 144 Å². The number of anilines is 2. The third-order valence-electron chi connectivity index (χ3n) is 5.21. The first-order chi connectivity index (χ1) is 11.5. The van der Waals surface area contributed by atoms with Gasteiger partial charge in [0.05, 0.1) is 12.2 Å². The number of hydrogen-bond donors (Lipinski definition) is 2. The van der Waals surface area contributed by atoms with E-state index in [2.05, 4.69) is 25.8 Å². The molecule has 0 saturated carbocycles. The number of aliphatic hydroxyl groups excluding tert-OH is 2. The quantitative estimate of drug-likeness (QED) is 0.828. The number of nitrogens with zero attached hydrogens (tertiary/aromatic N) is 4. The maximum atomic E-state index is 9.73. The van der Waals surface area contributed by atoms with Crippen molar-refractivity contribution in [2.24, 2.45) is 0 Å². The highest BCUT2D eigenvalue weighted by atomic mass is 16.3. The summed E-state index contributed by atoms with van der Waals surface area (Å²) < 4.78 is 0. The molecule has 0 spiro atoms. The van der Waals surface area contributed by atoms with E-state index < -0.39 is 0 Å². The fourth-order valence-corrected chi connectivity index (χ4v) is 4.20. The zero-order valence-corrected chi connectivity index (χ0v) is 14.8. The van der Waals surface area contributed by atoms with Gasteiger partial charge in [-0.05, 0) is 52.4 Å². The van der Waals surface area contributed by atoms with E-state index >= 15 is 0 Å². The van der Waals surface area contributed by atoms with E-state index in [4.69, 9.17) is 0 Å². The van der Waals surface area contributed by atoms with Gasteiger partial charge in [-0.2, -0.15) is 0 Å². The zero-order chi connectivity index (χ0) is 17.1. The van der Waals surface area contributed by atoms with Crippen molar-refractivity contribution in [3.05, 3.63) is 12.4 Å². The first kappa shape index (κ1) is 17.4. The van der Waals surface area contributed by atoms with Gasteiger partial charge in [0, 0.05) is 31.2 Å². The largest absolute Gasteiger partial charge is 0.393 e. The Balaban J connectivity index is 1.76. The molecule has 24 heavy (non-hydrogen) atoms. The van der Waals surface area contributed by atoms with Crippen LogP contribution in [0.1, 0.15) is 52.4 Å². The van der Waals surface area contributed by atoms with Crippen molar-refractivity contribution < 1.29 is 10.2 Å². The van der Waals surface area contributed by atoms with Crippen LogP contribution in [0.5, 0.6) is 0 Å². The normalized spacial score (nSPS) is 26.8. The number of hydrogen-bond acceptors (Lipinski definition) is 6. The molecule has 6 nitrogen and oxygen atoms in total. The summed E-state index contributed by atoms with van der Waals surface area (Å²) >= 11 is 0. The van der Waals surface area contributed by atoms with Crippen molar-refractivity contribution in [1.29, 1.82) is 0 Å². The molecule has 134 valence electrons. The number of aliphatic hydroxyl groups is 2. The summed E-state index contributed by atoms with van der Waals surface area (Å²) in [5, 5.41) is 19.5. The van der Waals surface area contributed by atoms with Crippen molar-refractivity contribution in [2.45, 2.75) is 76.7 Å². The third kappa shape index (κ3) is 3.98. The lowest BCUT2D eigenvalue weighted by Gasteiger charge is -2.29. The molecule has 2 aliphatic heterocycles. The average Bonchev–Trinajstić information content (AvgIpc) is 3.15. The van der Waals surface area contributed by atoms with Gasteiger partial charge in [-0.1, -0.05) is 0 Å². The molecule has 1 aromatic heterocycles. The second-order valence-electron chi connectivity index (χ2n) is 7.38. The Morgan fingerprint density at radius 3 is 1.83 bits per heavy atom. The van der Waals surface area contributed by atoms with E-state index in [1.54, 1.807) is 6.33 Å². The van der Waals surface area contributed by atoms with E-state index in [1.807, 2.05) is 13.8 Å². The molecular weight excluding hydrogens is 304 g/mol. The molecular formula is C18H30N4O2. The lowest BCUT2D eigenvalue weighted by atomic mass is 10.1. The van der Waals surface area contributed by atoms with Crippen molar-refractivity contribution in [2.75, 3.05) is 22.9 Å². The van der Waals surface area contributed by atoms with Crippen LogP contribution in [0, 0.1) is 0 Å². The molecule has 0 unspecified atom stereocenters. The Bertz CT molecular complexity index is 494. The van der Waals surface area contributed by atoms with Crippen LogP contribution in [0.3, 0.4) is 0 Å². The van der Waals surface area contributed by atoms with E-state index in [1.165, 1.54) is 0 Å². The van der Waals surface area contributed by atoms with Crippen molar-refractivity contribution in [1.82, 2.24) is 9.97 Å². The molecule has 4 atom stereocenters. The van der Waals surface area contributed by atoms with Crippen LogP contribution in [-0.2, 0) is 0 Å². The molecule has 0 amide bonds. The van der Waals surface area contributed by atoms with Crippen LogP contribution in [0.2, 0.25) is 0 Å². The summed E-state index contributed by atoms with van der Waals surface area (Å²) in [6, 6.07) is 2.81. The minimum atomic E-state index is -0.286. The van der Waals surface area contributed by atoms with Gasteiger partial charge < -0.3 is 20.0 Å². The van der Waals surface area contributed by atoms with Gasteiger partial charge in [0.2, 0.25) is 0 Å². The molecule has 2 aliphatic rings. The van der Waals surface area contributed by atoms with Crippen LogP contribution in [0.15, 0.2) is 12.4 Å². The molecule has 0 aromatic carbocycles. The monoisotopic (exact) mass is 334 g/mol. The molecule has 0 bridgehead atoms. The predicted molar refractivity (Wildman–Crippen MR) is 95.4 cm³/mol. The molecule has 3 rings (SSSR count). The van der Waals surface area contributed by atoms with Crippen LogP contribution in [0.25, 0.3) is 0 Å². The predicted octanol–water partition coefficient (Wildman–Crippen LogP) is 1.96. The molecule has 0 radical (unpaired) electrons. The van der Waals surface area contributed by atoms with Crippen LogP contribution in [0.4, 0.5) is 11.6 Å². The van der Waals surface area contributed by atoms with Crippen LogP contribution < -0.4 is 9.80 Å². The average molecular weight is 334 g/mol. The van der Waals surface area contributed by atoms with E-state index in [0.717, 1.165) is 63.3 Å². The van der Waals surface area contributed by atoms with Crippen molar-refractivity contribution in [3.8, 4) is 0 Å². The standard InChI is InChI=1S/C18H30N4O2/c1-13(23)9-15-5-3-7-21(15)17-11-18(20-12-19-17)22-8-4-6-16(22)10-14(2)24/h11-16,23-24H,3-10H2,1-2H3/t13-,14+,15-,16+. The Hall–Kier alpha value is -1.40. The van der Waals surface area contributed by atoms with Gasteiger partial charge in [0.25, 0.3) is 0 Å². The summed E-state index contributed by atoms with van der Waals surface area (Å²) in [4.78, 5) is 13.6. The molecule has 1 aromatic rings. The first-order valence-electron chi connectivity index (χ1n) is 9.26. The summed E-state index contributed by atoms with van der Waals surface area (Å²) in [5.74, 6) is 1.93. The van der Waals surface area contributed by atoms with Crippen LogP contribution >= 0.6 is 0 Å². The first-order valence-corrected chi connectivity index (χ1v) is 9.26. The van der Waals surface area contributed by atoms with Gasteiger partial charge in [0.1, 0.15) is 18.0 Å². The second-order valence-corrected chi connectivity index (χ2v) is 7.38. The fourth-order valence-electron chi connectivity index (χ4n) is 4.20. The number of aromatic nitrogens is 2. The molecule has 3 heterocycles. The van der Waals surface area contributed by atoms with Gasteiger partial charge in [-0.25, -0.2) is 9.97 Å². The van der Waals surface area contributed by atoms with Gasteiger partial charge >= 0.3 is 0 Å². The van der Waals surface area contributed by atoms with Gasteiger partial charge in [0.15, 0.2) is 0 Å². The Kier molecular flexibility index (Phi) is 5.56. The summed E-state index contributed by atoms with van der Waals surface area (Å²) in [5.41, 5.74) is 0. The summed E-state index contributed by atoms with van der Waals surface area (Å²) in [7, 11) is 0. The Morgan fingerprint density at radius 1 is 0.958 bits per heavy atom. The van der Waals surface area contributed by atoms with E-state index in [-0.39, 0.29) is 12.2 Å². The zero-order valence-electron chi connectivity index (χ0n) is 14.8. The van der Waals surface area contributed by atoms with Crippen molar-refractivity contribution >= 4 is 11.6 Å².